The first-order valence-corrected chi connectivity index (χ1v) is 7.94. The highest BCUT2D eigenvalue weighted by atomic mass is 16.5. The van der Waals surface area contributed by atoms with E-state index in [0.717, 1.165) is 24.7 Å². The monoisotopic (exact) mass is 306 g/mol. The number of aliphatic hydroxyl groups is 1. The number of anilines is 1. The lowest BCUT2D eigenvalue weighted by Crippen LogP contribution is -2.40. The summed E-state index contributed by atoms with van der Waals surface area (Å²) in [5.41, 5.74) is 0.739. The maximum Gasteiger partial charge on any atom is 0.221 e. The molecule has 5 heteroatoms. The van der Waals surface area contributed by atoms with Crippen molar-refractivity contribution >= 4 is 11.6 Å². The highest BCUT2D eigenvalue weighted by Gasteiger charge is 2.18. The van der Waals surface area contributed by atoms with Crippen LogP contribution < -0.4 is 10.1 Å². The third-order valence-electron chi connectivity index (χ3n) is 3.96. The van der Waals surface area contributed by atoms with Crippen LogP contribution in [0.5, 0.6) is 5.75 Å². The van der Waals surface area contributed by atoms with Crippen molar-refractivity contribution < 1.29 is 14.6 Å². The number of carbonyl (C=O) groups is 1. The van der Waals surface area contributed by atoms with Gasteiger partial charge in [0.2, 0.25) is 5.91 Å². The van der Waals surface area contributed by atoms with Crippen molar-refractivity contribution in [2.24, 2.45) is 5.92 Å². The third kappa shape index (κ3) is 5.66. The SMILES string of the molecule is CC(=O)Nc1ccc(OC[C@H](O)CN2CCC(C)CC2)cc1. The van der Waals surface area contributed by atoms with Crippen LogP contribution in [0.1, 0.15) is 26.7 Å². The summed E-state index contributed by atoms with van der Waals surface area (Å²) in [7, 11) is 0. The molecule has 0 saturated carbocycles. The highest BCUT2D eigenvalue weighted by molar-refractivity contribution is 5.88. The number of nitrogens with one attached hydrogen (secondary N) is 1. The molecule has 2 N–H and O–H groups in total. The molecule has 0 aliphatic carbocycles. The maximum atomic E-state index is 10.9. The van der Waals surface area contributed by atoms with Crippen LogP contribution in [0.4, 0.5) is 5.69 Å². The summed E-state index contributed by atoms with van der Waals surface area (Å²) in [6.45, 7) is 6.82. The Morgan fingerprint density at radius 1 is 1.36 bits per heavy atom. The summed E-state index contributed by atoms with van der Waals surface area (Å²) in [5, 5.41) is 12.8. The average molecular weight is 306 g/mol. The fourth-order valence-electron chi connectivity index (χ4n) is 2.63. The zero-order valence-electron chi connectivity index (χ0n) is 13.4. The molecule has 1 aliphatic rings. The van der Waals surface area contributed by atoms with Crippen molar-refractivity contribution in [1.82, 2.24) is 4.90 Å². The number of likely N-dealkylation sites (tertiary alicyclic amines) is 1. The minimum Gasteiger partial charge on any atom is -0.491 e. The molecule has 1 saturated heterocycles. The molecule has 5 nitrogen and oxygen atoms in total. The number of amides is 1. The average Bonchev–Trinajstić information content (AvgIpc) is 2.48. The Hall–Kier alpha value is -1.59. The quantitative estimate of drug-likeness (QED) is 0.845. The van der Waals surface area contributed by atoms with Crippen molar-refractivity contribution in [3.8, 4) is 5.75 Å². The van der Waals surface area contributed by atoms with Crippen molar-refractivity contribution in [2.75, 3.05) is 31.6 Å². The van der Waals surface area contributed by atoms with E-state index in [1.54, 1.807) is 24.3 Å². The van der Waals surface area contributed by atoms with E-state index < -0.39 is 6.10 Å². The summed E-state index contributed by atoms with van der Waals surface area (Å²) in [6, 6.07) is 7.16. The molecule has 0 aromatic heterocycles. The second-order valence-corrected chi connectivity index (χ2v) is 6.15. The normalized spacial score (nSPS) is 18.0. The van der Waals surface area contributed by atoms with Gasteiger partial charge >= 0.3 is 0 Å². The van der Waals surface area contributed by atoms with Gasteiger partial charge in [0.15, 0.2) is 0 Å². The van der Waals surface area contributed by atoms with E-state index >= 15 is 0 Å². The summed E-state index contributed by atoms with van der Waals surface area (Å²) in [5.74, 6) is 1.40. The molecule has 1 aliphatic heterocycles. The van der Waals surface area contributed by atoms with E-state index in [-0.39, 0.29) is 12.5 Å². The van der Waals surface area contributed by atoms with E-state index in [2.05, 4.69) is 17.1 Å². The molecule has 0 spiro atoms. The zero-order valence-corrected chi connectivity index (χ0v) is 13.4. The molecule has 1 fully saturated rings. The van der Waals surface area contributed by atoms with Crippen molar-refractivity contribution in [3.05, 3.63) is 24.3 Å². The first kappa shape index (κ1) is 16.8. The van der Waals surface area contributed by atoms with Gasteiger partial charge in [-0.2, -0.15) is 0 Å². The number of carbonyl (C=O) groups excluding carboxylic acids is 1. The molecule has 2 rings (SSSR count). The Labute approximate surface area is 132 Å². The van der Waals surface area contributed by atoms with Crippen LogP contribution in [0.15, 0.2) is 24.3 Å². The van der Waals surface area contributed by atoms with Crippen molar-refractivity contribution in [1.29, 1.82) is 0 Å². The molecule has 0 unspecified atom stereocenters. The fraction of sp³-hybridized carbons (Fsp3) is 0.588. The Kier molecular flexibility index (Phi) is 6.21. The molecule has 122 valence electrons. The van der Waals surface area contributed by atoms with Crippen molar-refractivity contribution in [3.63, 3.8) is 0 Å². The molecular weight excluding hydrogens is 280 g/mol. The number of β-amino-alcohol motifs (C(OH)–C–C–N with tert-alkyl or cyclic N) is 1. The molecular formula is C17H26N2O3. The van der Waals surface area contributed by atoms with Crippen LogP contribution in [0, 0.1) is 5.92 Å². The molecule has 0 radical (unpaired) electrons. The largest absolute Gasteiger partial charge is 0.491 e. The number of ether oxygens (including phenoxy) is 1. The predicted molar refractivity (Wildman–Crippen MR) is 87.1 cm³/mol. The van der Waals surface area contributed by atoms with Gasteiger partial charge in [0.25, 0.3) is 0 Å². The Morgan fingerprint density at radius 3 is 2.59 bits per heavy atom. The summed E-state index contributed by atoms with van der Waals surface area (Å²) in [6.07, 6.45) is 1.93. The number of piperidine rings is 1. The highest BCUT2D eigenvalue weighted by Crippen LogP contribution is 2.17. The Morgan fingerprint density at radius 2 is 2.00 bits per heavy atom. The lowest BCUT2D eigenvalue weighted by molar-refractivity contribution is -0.114. The zero-order chi connectivity index (χ0) is 15.9. The third-order valence-corrected chi connectivity index (χ3v) is 3.96. The van der Waals surface area contributed by atoms with Crippen LogP contribution in [0.2, 0.25) is 0 Å². The molecule has 0 bridgehead atoms. The van der Waals surface area contributed by atoms with Crippen LogP contribution >= 0.6 is 0 Å². The van der Waals surface area contributed by atoms with E-state index in [9.17, 15) is 9.90 Å². The lowest BCUT2D eigenvalue weighted by Gasteiger charge is -2.31. The summed E-state index contributed by atoms with van der Waals surface area (Å²) >= 11 is 0. The molecule has 1 heterocycles. The standard InChI is InChI=1S/C17H26N2O3/c1-13-7-9-19(10-8-13)11-16(21)12-22-17-5-3-15(4-6-17)18-14(2)20/h3-6,13,16,21H,7-12H2,1-2H3,(H,18,20)/t16-/m1/s1. The van der Waals surface area contributed by atoms with E-state index in [1.807, 2.05) is 0 Å². The smallest absolute Gasteiger partial charge is 0.221 e. The van der Waals surface area contributed by atoms with Gasteiger partial charge in [0, 0.05) is 19.2 Å². The molecule has 1 amide bonds. The van der Waals surface area contributed by atoms with Gasteiger partial charge in [-0.1, -0.05) is 6.92 Å². The van der Waals surface area contributed by atoms with Gasteiger partial charge in [0.05, 0.1) is 0 Å². The summed E-state index contributed by atoms with van der Waals surface area (Å²) in [4.78, 5) is 13.2. The molecule has 1 aromatic rings. The van der Waals surface area contributed by atoms with Crippen LogP contribution in [-0.2, 0) is 4.79 Å². The van der Waals surface area contributed by atoms with Crippen LogP contribution in [-0.4, -0.2) is 48.3 Å². The minimum atomic E-state index is -0.483. The Bertz CT molecular complexity index is 467. The van der Waals surface area contributed by atoms with E-state index in [0.29, 0.717) is 12.3 Å². The van der Waals surface area contributed by atoms with E-state index in [1.165, 1.54) is 19.8 Å². The number of benzene rings is 1. The molecule has 22 heavy (non-hydrogen) atoms. The van der Waals surface area contributed by atoms with Gasteiger partial charge in [0.1, 0.15) is 18.5 Å². The number of hydrogen-bond acceptors (Lipinski definition) is 4. The van der Waals surface area contributed by atoms with Crippen LogP contribution in [0.3, 0.4) is 0 Å². The number of hydrogen-bond donors (Lipinski definition) is 2. The molecule has 1 atom stereocenters. The summed E-state index contributed by atoms with van der Waals surface area (Å²) < 4.78 is 5.60. The van der Waals surface area contributed by atoms with Gasteiger partial charge in [-0.05, 0) is 56.1 Å². The first-order valence-electron chi connectivity index (χ1n) is 7.94. The first-order chi connectivity index (χ1) is 10.5. The van der Waals surface area contributed by atoms with E-state index in [4.69, 9.17) is 4.74 Å². The van der Waals surface area contributed by atoms with Gasteiger partial charge in [-0.15, -0.1) is 0 Å². The predicted octanol–water partition coefficient (Wildman–Crippen LogP) is 2.12. The second-order valence-electron chi connectivity index (χ2n) is 6.15. The Balaban J connectivity index is 1.71. The number of aliphatic hydroxyl groups excluding tert-OH is 1. The number of rotatable bonds is 6. The fourth-order valence-corrected chi connectivity index (χ4v) is 2.63. The maximum absolute atomic E-state index is 10.9. The van der Waals surface area contributed by atoms with Crippen LogP contribution in [0.25, 0.3) is 0 Å². The van der Waals surface area contributed by atoms with Gasteiger partial charge < -0.3 is 20.1 Å². The lowest BCUT2D eigenvalue weighted by atomic mass is 9.99. The minimum absolute atomic E-state index is 0.0973. The van der Waals surface area contributed by atoms with Crippen molar-refractivity contribution in [2.45, 2.75) is 32.8 Å². The number of nitrogens with zero attached hydrogens (tertiary/aromatic N) is 1. The topological polar surface area (TPSA) is 61.8 Å². The second kappa shape index (κ2) is 8.15. The molecule has 1 aromatic carbocycles. The van der Waals surface area contributed by atoms with Gasteiger partial charge in [-0.25, -0.2) is 0 Å². The van der Waals surface area contributed by atoms with Gasteiger partial charge in [-0.3, -0.25) is 4.79 Å².